The average Bonchev–Trinajstić information content (AvgIpc) is 3.74. The fourth-order valence-corrected chi connectivity index (χ4v) is 6.95. The van der Waals surface area contributed by atoms with Crippen LogP contribution in [0.5, 0.6) is 0 Å². The second-order valence-corrected chi connectivity index (χ2v) is 11.9. The van der Waals surface area contributed by atoms with Gasteiger partial charge in [-0.15, -0.1) is 0 Å². The Morgan fingerprint density at radius 1 is 0.333 bits per heavy atom. The molecule has 0 aliphatic carbocycles. The molecule has 5 nitrogen and oxygen atoms in total. The van der Waals surface area contributed by atoms with E-state index in [1.807, 2.05) is 84.9 Å². The van der Waals surface area contributed by atoms with Gasteiger partial charge in [-0.3, -0.25) is 0 Å². The Kier molecular flexibility index (Phi) is 5.81. The molecular formula is C43H25N3O2. The van der Waals surface area contributed by atoms with Crippen LogP contribution >= 0.6 is 0 Å². The first-order valence-electron chi connectivity index (χ1n) is 15.9. The molecule has 10 aromatic rings. The fourth-order valence-electron chi connectivity index (χ4n) is 6.95. The Morgan fingerprint density at radius 2 is 0.875 bits per heavy atom. The Morgan fingerprint density at radius 3 is 1.69 bits per heavy atom. The molecule has 0 fully saturated rings. The Bertz CT molecular complexity index is 2840. The zero-order valence-electron chi connectivity index (χ0n) is 25.6. The van der Waals surface area contributed by atoms with Gasteiger partial charge >= 0.3 is 0 Å². The van der Waals surface area contributed by atoms with Crippen LogP contribution in [-0.4, -0.2) is 15.0 Å². The summed E-state index contributed by atoms with van der Waals surface area (Å²) >= 11 is 0. The van der Waals surface area contributed by atoms with Crippen LogP contribution in [-0.2, 0) is 0 Å². The van der Waals surface area contributed by atoms with Crippen molar-refractivity contribution < 1.29 is 8.83 Å². The van der Waals surface area contributed by atoms with E-state index in [1.54, 1.807) is 0 Å². The zero-order chi connectivity index (χ0) is 31.6. The summed E-state index contributed by atoms with van der Waals surface area (Å²) in [6, 6.07) is 51.5. The quantitative estimate of drug-likeness (QED) is 0.197. The normalized spacial score (nSPS) is 11.8. The van der Waals surface area contributed by atoms with Crippen molar-refractivity contribution in [3.63, 3.8) is 0 Å². The topological polar surface area (TPSA) is 65.0 Å². The summed E-state index contributed by atoms with van der Waals surface area (Å²) in [6.45, 7) is 0. The van der Waals surface area contributed by atoms with Gasteiger partial charge in [0.25, 0.3) is 0 Å². The van der Waals surface area contributed by atoms with E-state index in [-0.39, 0.29) is 0 Å². The third-order valence-corrected chi connectivity index (χ3v) is 9.14. The van der Waals surface area contributed by atoms with Crippen molar-refractivity contribution in [3.05, 3.63) is 152 Å². The highest BCUT2D eigenvalue weighted by atomic mass is 16.3. The molecule has 0 saturated carbocycles. The molecule has 3 aromatic heterocycles. The number of rotatable bonds is 4. The molecule has 5 heteroatoms. The van der Waals surface area contributed by atoms with Crippen molar-refractivity contribution in [1.82, 2.24) is 15.0 Å². The van der Waals surface area contributed by atoms with Gasteiger partial charge in [-0.05, 0) is 40.8 Å². The molecule has 0 amide bonds. The minimum absolute atomic E-state index is 0.551. The number of aromatic nitrogens is 3. The van der Waals surface area contributed by atoms with Gasteiger partial charge in [-0.1, -0.05) is 127 Å². The number of hydrogen-bond donors (Lipinski definition) is 0. The van der Waals surface area contributed by atoms with E-state index in [1.165, 1.54) is 0 Å². The molecular weight excluding hydrogens is 590 g/mol. The second-order valence-electron chi connectivity index (χ2n) is 11.9. The predicted molar refractivity (Wildman–Crippen MR) is 194 cm³/mol. The van der Waals surface area contributed by atoms with E-state index in [2.05, 4.69) is 66.7 Å². The van der Waals surface area contributed by atoms with Crippen LogP contribution in [0.2, 0.25) is 0 Å². The highest BCUT2D eigenvalue weighted by molar-refractivity contribution is 6.22. The number of furan rings is 2. The number of hydrogen-bond acceptors (Lipinski definition) is 5. The fraction of sp³-hybridized carbons (Fsp3) is 0. The SMILES string of the molecule is c1ccc(-c2nc(-c3cc4c(oc5cccc(-c6ccccc6)c54)c4ccccc34)nc(-c3cccc4c3oc3ccccc34)n2)cc1. The summed E-state index contributed by atoms with van der Waals surface area (Å²) in [4.78, 5) is 15.4. The van der Waals surface area contributed by atoms with E-state index in [0.29, 0.717) is 17.5 Å². The maximum Gasteiger partial charge on any atom is 0.167 e. The summed E-state index contributed by atoms with van der Waals surface area (Å²) in [5.74, 6) is 1.72. The van der Waals surface area contributed by atoms with Crippen molar-refractivity contribution in [3.8, 4) is 45.3 Å². The Hall–Kier alpha value is -6.59. The molecule has 0 spiro atoms. The summed E-state index contributed by atoms with van der Waals surface area (Å²) in [6.07, 6.45) is 0. The standard InChI is InChI=1S/C43H25N3O2/c1-3-13-26(14-4-1)28-20-12-24-37-38(28)35-25-34(29-17-7-8-19-31(29)40(35)48-37)43-45-41(27-15-5-2-6-16-27)44-42(46-43)33-22-11-21-32-30-18-9-10-23-36(30)47-39(32)33/h1-25H. The second kappa shape index (κ2) is 10.5. The van der Waals surface area contributed by atoms with E-state index in [4.69, 9.17) is 23.8 Å². The van der Waals surface area contributed by atoms with Crippen molar-refractivity contribution >= 4 is 54.6 Å². The molecule has 10 rings (SSSR count). The largest absolute Gasteiger partial charge is 0.455 e. The number of nitrogens with zero attached hydrogens (tertiary/aromatic N) is 3. The van der Waals surface area contributed by atoms with E-state index in [9.17, 15) is 0 Å². The van der Waals surface area contributed by atoms with E-state index in [0.717, 1.165) is 82.5 Å². The van der Waals surface area contributed by atoms with Crippen LogP contribution < -0.4 is 0 Å². The number of fused-ring (bicyclic) bond motifs is 8. The lowest BCUT2D eigenvalue weighted by Crippen LogP contribution is -2.01. The summed E-state index contributed by atoms with van der Waals surface area (Å²) in [5.41, 5.74) is 8.14. The van der Waals surface area contributed by atoms with Gasteiger partial charge in [0.1, 0.15) is 22.3 Å². The maximum absolute atomic E-state index is 6.62. The molecule has 0 bridgehead atoms. The van der Waals surface area contributed by atoms with Crippen LogP contribution in [0.15, 0.2) is 160 Å². The van der Waals surface area contributed by atoms with Crippen molar-refractivity contribution in [1.29, 1.82) is 0 Å². The molecule has 7 aromatic carbocycles. The van der Waals surface area contributed by atoms with Crippen molar-refractivity contribution in [2.45, 2.75) is 0 Å². The highest BCUT2D eigenvalue weighted by Crippen LogP contribution is 2.43. The van der Waals surface area contributed by atoms with Gasteiger partial charge in [0.15, 0.2) is 17.5 Å². The molecule has 48 heavy (non-hydrogen) atoms. The van der Waals surface area contributed by atoms with Gasteiger partial charge in [-0.2, -0.15) is 0 Å². The average molecular weight is 616 g/mol. The molecule has 0 aliphatic rings. The smallest absolute Gasteiger partial charge is 0.167 e. The third kappa shape index (κ3) is 4.08. The molecule has 224 valence electrons. The zero-order valence-corrected chi connectivity index (χ0v) is 25.6. The Balaban J connectivity index is 1.29. The van der Waals surface area contributed by atoms with Gasteiger partial charge in [-0.25, -0.2) is 15.0 Å². The minimum atomic E-state index is 0.551. The Labute approximate surface area is 274 Å². The predicted octanol–water partition coefficient (Wildman–Crippen LogP) is 11.5. The summed E-state index contributed by atoms with van der Waals surface area (Å²) in [7, 11) is 0. The first kappa shape index (κ1) is 26.6. The van der Waals surface area contributed by atoms with E-state index >= 15 is 0 Å². The maximum atomic E-state index is 6.62. The molecule has 0 radical (unpaired) electrons. The van der Waals surface area contributed by atoms with Gasteiger partial charge in [0.05, 0.1) is 5.56 Å². The van der Waals surface area contributed by atoms with Crippen molar-refractivity contribution in [2.75, 3.05) is 0 Å². The van der Waals surface area contributed by atoms with Gasteiger partial charge in [0.2, 0.25) is 0 Å². The monoisotopic (exact) mass is 615 g/mol. The lowest BCUT2D eigenvalue weighted by Gasteiger charge is -2.11. The highest BCUT2D eigenvalue weighted by Gasteiger charge is 2.22. The van der Waals surface area contributed by atoms with Gasteiger partial charge in [0, 0.05) is 38.1 Å². The van der Waals surface area contributed by atoms with Gasteiger partial charge < -0.3 is 8.83 Å². The van der Waals surface area contributed by atoms with Crippen LogP contribution in [0.1, 0.15) is 0 Å². The van der Waals surface area contributed by atoms with Crippen LogP contribution in [0.3, 0.4) is 0 Å². The van der Waals surface area contributed by atoms with E-state index < -0.39 is 0 Å². The summed E-state index contributed by atoms with van der Waals surface area (Å²) in [5, 5.41) is 6.17. The van der Waals surface area contributed by atoms with Crippen molar-refractivity contribution in [2.24, 2.45) is 0 Å². The molecule has 0 saturated heterocycles. The molecule has 0 unspecified atom stereocenters. The third-order valence-electron chi connectivity index (χ3n) is 9.14. The summed E-state index contributed by atoms with van der Waals surface area (Å²) < 4.78 is 13.1. The molecule has 0 N–H and O–H groups in total. The molecule has 0 atom stereocenters. The van der Waals surface area contributed by atoms with Crippen LogP contribution in [0.4, 0.5) is 0 Å². The van der Waals surface area contributed by atoms with Crippen LogP contribution in [0, 0.1) is 0 Å². The number of para-hydroxylation sites is 2. The first-order chi connectivity index (χ1) is 23.8. The lowest BCUT2D eigenvalue weighted by atomic mass is 9.96. The molecule has 3 heterocycles. The molecule has 0 aliphatic heterocycles. The first-order valence-corrected chi connectivity index (χ1v) is 15.9. The number of benzene rings is 7. The lowest BCUT2D eigenvalue weighted by molar-refractivity contribution is 0.669. The minimum Gasteiger partial charge on any atom is -0.455 e. The van der Waals surface area contributed by atoms with Crippen LogP contribution in [0.25, 0.3) is 99.9 Å².